The molecule has 0 spiro atoms. The number of amides is 1. The number of fused-ring (bicyclic) bond motifs is 1. The van der Waals surface area contributed by atoms with Crippen molar-refractivity contribution in [3.05, 3.63) is 70.6 Å². The number of nitrogens with one attached hydrogen (secondary N) is 1. The van der Waals surface area contributed by atoms with E-state index in [2.05, 4.69) is 5.32 Å². The number of hydrogen-bond donors (Lipinski definition) is 1. The number of carbonyl (C=O) groups is 1. The molecule has 0 atom stereocenters. The monoisotopic (exact) mass is 322 g/mol. The van der Waals surface area contributed by atoms with E-state index < -0.39 is 0 Å². The van der Waals surface area contributed by atoms with Gasteiger partial charge in [-0.15, -0.1) is 0 Å². The highest BCUT2D eigenvalue weighted by atomic mass is 16.5. The van der Waals surface area contributed by atoms with Gasteiger partial charge in [-0.25, -0.2) is 0 Å². The molecule has 0 aliphatic carbocycles. The quantitative estimate of drug-likeness (QED) is 0.803. The van der Waals surface area contributed by atoms with Gasteiger partial charge in [0.1, 0.15) is 5.75 Å². The lowest BCUT2D eigenvalue weighted by molar-refractivity contribution is -0.115. The lowest BCUT2D eigenvalue weighted by Crippen LogP contribution is -2.18. The van der Waals surface area contributed by atoms with Crippen LogP contribution in [0.3, 0.4) is 0 Å². The number of aryl methyl sites for hydroxylation is 1. The van der Waals surface area contributed by atoms with Crippen LogP contribution in [-0.2, 0) is 18.3 Å². The summed E-state index contributed by atoms with van der Waals surface area (Å²) in [5, 5.41) is 4.22. The molecule has 0 fully saturated rings. The van der Waals surface area contributed by atoms with E-state index in [1.807, 2.05) is 30.3 Å². The number of benzene rings is 2. The van der Waals surface area contributed by atoms with Crippen LogP contribution in [0.25, 0.3) is 10.8 Å². The summed E-state index contributed by atoms with van der Waals surface area (Å²) in [7, 11) is 3.31. The highest BCUT2D eigenvalue weighted by Gasteiger charge is 2.09. The molecule has 3 rings (SSSR count). The van der Waals surface area contributed by atoms with E-state index in [4.69, 9.17) is 4.74 Å². The van der Waals surface area contributed by atoms with Crippen LogP contribution in [0.4, 0.5) is 5.69 Å². The summed E-state index contributed by atoms with van der Waals surface area (Å²) in [6, 6.07) is 14.5. The standard InChI is InChI=1S/C19H18N2O3/c1-21-11-10-15-16(19(21)23)4-3-5-17(15)20-18(22)12-13-6-8-14(24-2)9-7-13/h3-11H,12H2,1-2H3,(H,20,22). The largest absolute Gasteiger partial charge is 0.497 e. The minimum absolute atomic E-state index is 0.0845. The molecule has 122 valence electrons. The minimum Gasteiger partial charge on any atom is -0.497 e. The predicted octanol–water partition coefficient (Wildman–Crippen LogP) is 2.73. The fraction of sp³-hybridized carbons (Fsp3) is 0.158. The number of nitrogens with zero attached hydrogens (tertiary/aromatic N) is 1. The van der Waals surface area contributed by atoms with E-state index in [0.717, 1.165) is 16.7 Å². The van der Waals surface area contributed by atoms with Crippen molar-refractivity contribution in [2.45, 2.75) is 6.42 Å². The van der Waals surface area contributed by atoms with Crippen LogP contribution < -0.4 is 15.6 Å². The normalized spacial score (nSPS) is 10.6. The number of carbonyl (C=O) groups excluding carboxylic acids is 1. The maximum absolute atomic E-state index is 12.3. The summed E-state index contributed by atoms with van der Waals surface area (Å²) in [6.07, 6.45) is 1.95. The Morgan fingerprint density at radius 1 is 1.08 bits per heavy atom. The van der Waals surface area contributed by atoms with Crippen LogP contribution in [0, 0.1) is 0 Å². The molecule has 1 amide bonds. The van der Waals surface area contributed by atoms with E-state index in [1.54, 1.807) is 38.6 Å². The maximum Gasteiger partial charge on any atom is 0.258 e. The number of rotatable bonds is 4. The zero-order valence-electron chi connectivity index (χ0n) is 13.6. The molecule has 5 nitrogen and oxygen atoms in total. The van der Waals surface area contributed by atoms with Crippen LogP contribution in [0.2, 0.25) is 0 Å². The SMILES string of the molecule is COc1ccc(CC(=O)Nc2cccc3c(=O)n(C)ccc23)cc1. The first-order valence-electron chi connectivity index (χ1n) is 7.59. The van der Waals surface area contributed by atoms with Crippen LogP contribution in [0.1, 0.15) is 5.56 Å². The Balaban J connectivity index is 1.82. The Kier molecular flexibility index (Phi) is 4.33. The second-order valence-electron chi connectivity index (χ2n) is 5.57. The van der Waals surface area contributed by atoms with Crippen molar-refractivity contribution in [3.63, 3.8) is 0 Å². The minimum atomic E-state index is -0.131. The van der Waals surface area contributed by atoms with E-state index in [-0.39, 0.29) is 17.9 Å². The first-order chi connectivity index (χ1) is 11.6. The number of methoxy groups -OCH3 is 1. The van der Waals surface area contributed by atoms with Crippen LogP contribution in [0.15, 0.2) is 59.5 Å². The third kappa shape index (κ3) is 3.15. The fourth-order valence-electron chi connectivity index (χ4n) is 2.61. The molecule has 0 unspecified atom stereocenters. The highest BCUT2D eigenvalue weighted by molar-refractivity contribution is 6.02. The Morgan fingerprint density at radius 3 is 2.54 bits per heavy atom. The molecule has 0 saturated heterocycles. The topological polar surface area (TPSA) is 60.3 Å². The summed E-state index contributed by atoms with van der Waals surface area (Å²) in [6.45, 7) is 0. The number of pyridine rings is 1. The molecule has 2 aromatic carbocycles. The Labute approximate surface area is 139 Å². The van der Waals surface area contributed by atoms with Crippen molar-refractivity contribution in [1.82, 2.24) is 4.57 Å². The fourth-order valence-corrected chi connectivity index (χ4v) is 2.61. The van der Waals surface area contributed by atoms with Crippen molar-refractivity contribution in [2.75, 3.05) is 12.4 Å². The van der Waals surface area contributed by atoms with Crippen molar-refractivity contribution >= 4 is 22.4 Å². The van der Waals surface area contributed by atoms with Crippen molar-refractivity contribution in [2.24, 2.45) is 7.05 Å². The van der Waals surface area contributed by atoms with Gasteiger partial charge < -0.3 is 14.6 Å². The van der Waals surface area contributed by atoms with Crippen LogP contribution >= 0.6 is 0 Å². The van der Waals surface area contributed by atoms with Crippen molar-refractivity contribution in [3.8, 4) is 5.75 Å². The molecule has 1 heterocycles. The highest BCUT2D eigenvalue weighted by Crippen LogP contribution is 2.21. The number of ether oxygens (including phenoxy) is 1. The second kappa shape index (κ2) is 6.58. The zero-order chi connectivity index (χ0) is 17.1. The van der Waals surface area contributed by atoms with Gasteiger partial charge in [-0.3, -0.25) is 9.59 Å². The molecule has 5 heteroatoms. The number of hydrogen-bond acceptors (Lipinski definition) is 3. The van der Waals surface area contributed by atoms with Gasteiger partial charge in [-0.2, -0.15) is 0 Å². The van der Waals surface area contributed by atoms with Gasteiger partial charge in [0.05, 0.1) is 13.5 Å². The Morgan fingerprint density at radius 2 is 1.83 bits per heavy atom. The molecule has 0 bridgehead atoms. The molecular formula is C19H18N2O3. The van der Waals surface area contributed by atoms with E-state index >= 15 is 0 Å². The molecule has 0 aliphatic rings. The summed E-state index contributed by atoms with van der Waals surface area (Å²) in [5.74, 6) is 0.623. The molecule has 0 radical (unpaired) electrons. The molecule has 0 aliphatic heterocycles. The molecule has 0 saturated carbocycles. The zero-order valence-corrected chi connectivity index (χ0v) is 13.6. The van der Waals surface area contributed by atoms with E-state index in [0.29, 0.717) is 11.1 Å². The number of anilines is 1. The van der Waals surface area contributed by atoms with E-state index in [1.165, 1.54) is 4.57 Å². The maximum atomic E-state index is 12.3. The van der Waals surface area contributed by atoms with Gasteiger partial charge in [0.2, 0.25) is 5.91 Å². The smallest absolute Gasteiger partial charge is 0.258 e. The van der Waals surface area contributed by atoms with Gasteiger partial charge >= 0.3 is 0 Å². The summed E-state index contributed by atoms with van der Waals surface area (Å²) < 4.78 is 6.63. The second-order valence-corrected chi connectivity index (χ2v) is 5.57. The van der Waals surface area contributed by atoms with Gasteiger partial charge in [-0.1, -0.05) is 18.2 Å². The lowest BCUT2D eigenvalue weighted by atomic mass is 10.1. The van der Waals surface area contributed by atoms with Gasteiger partial charge in [0.25, 0.3) is 5.56 Å². The predicted molar refractivity (Wildman–Crippen MR) is 94.5 cm³/mol. The molecule has 1 aromatic heterocycles. The summed E-state index contributed by atoms with van der Waals surface area (Å²) in [4.78, 5) is 24.5. The first kappa shape index (κ1) is 15.8. The Bertz CT molecular complexity index is 943. The Hall–Kier alpha value is -3.08. The van der Waals surface area contributed by atoms with Crippen molar-refractivity contribution in [1.29, 1.82) is 0 Å². The molecule has 1 N–H and O–H groups in total. The molecular weight excluding hydrogens is 304 g/mol. The average Bonchev–Trinajstić information content (AvgIpc) is 2.59. The van der Waals surface area contributed by atoms with E-state index in [9.17, 15) is 9.59 Å². The molecule has 24 heavy (non-hydrogen) atoms. The van der Waals surface area contributed by atoms with Crippen LogP contribution in [0.5, 0.6) is 5.75 Å². The van der Waals surface area contributed by atoms with Gasteiger partial charge in [0.15, 0.2) is 0 Å². The third-order valence-electron chi connectivity index (χ3n) is 3.92. The van der Waals surface area contributed by atoms with Gasteiger partial charge in [-0.05, 0) is 35.9 Å². The first-order valence-corrected chi connectivity index (χ1v) is 7.59. The van der Waals surface area contributed by atoms with Gasteiger partial charge in [0, 0.05) is 29.7 Å². The summed E-state index contributed by atoms with van der Waals surface area (Å²) in [5.41, 5.74) is 1.45. The van der Waals surface area contributed by atoms with Crippen molar-refractivity contribution < 1.29 is 9.53 Å². The summed E-state index contributed by atoms with van der Waals surface area (Å²) >= 11 is 0. The number of aromatic nitrogens is 1. The molecule has 3 aromatic rings. The lowest BCUT2D eigenvalue weighted by Gasteiger charge is -2.10. The third-order valence-corrected chi connectivity index (χ3v) is 3.92. The van der Waals surface area contributed by atoms with Crippen LogP contribution in [-0.4, -0.2) is 17.6 Å². The average molecular weight is 322 g/mol.